The number of nitrogens with zero attached hydrogens (tertiary/aromatic N) is 4. The molecule has 0 fully saturated rings. The van der Waals surface area contributed by atoms with Crippen molar-refractivity contribution >= 4 is 40.6 Å². The van der Waals surface area contributed by atoms with Gasteiger partial charge in [0, 0.05) is 31.5 Å². The molecule has 0 aromatic heterocycles. The molecule has 1 aliphatic heterocycles. The molecular weight excluding hydrogens is 525 g/mol. The zero-order chi connectivity index (χ0) is 29.7. The number of aliphatic carboxylic acids is 1. The molecule has 1 atom stereocenters. The highest BCUT2D eigenvalue weighted by atomic mass is 19.1. The number of carboxylic acid groups (broad SMARTS) is 1. The van der Waals surface area contributed by atoms with E-state index in [1.165, 1.54) is 12.1 Å². The number of amides is 2. The molecule has 41 heavy (non-hydrogen) atoms. The topological polar surface area (TPSA) is 106 Å². The van der Waals surface area contributed by atoms with E-state index < -0.39 is 17.7 Å². The number of carbonyl (C=O) groups excluding carboxylic acids is 2. The normalized spacial score (nSPS) is 14.8. The van der Waals surface area contributed by atoms with Crippen molar-refractivity contribution in [3.8, 4) is 0 Å². The quantitative estimate of drug-likeness (QED) is 0.347. The number of nitrogens with one attached hydrogen (secondary N) is 1. The zero-order valence-electron chi connectivity index (χ0n) is 23.6. The third kappa shape index (κ3) is 7.41. The van der Waals surface area contributed by atoms with Crippen molar-refractivity contribution < 1.29 is 23.9 Å². The molecule has 1 aliphatic rings. The first kappa shape index (κ1) is 29.6. The van der Waals surface area contributed by atoms with Crippen LogP contribution >= 0.6 is 0 Å². The van der Waals surface area contributed by atoms with E-state index in [0.29, 0.717) is 39.5 Å². The average molecular weight is 560 g/mol. The van der Waals surface area contributed by atoms with Crippen LogP contribution < -0.4 is 10.2 Å². The first-order chi connectivity index (χ1) is 19.5. The van der Waals surface area contributed by atoms with E-state index in [0.717, 1.165) is 13.1 Å². The van der Waals surface area contributed by atoms with Crippen molar-refractivity contribution in [3.05, 3.63) is 89.2 Å². The Balaban J connectivity index is 1.62. The molecule has 3 aromatic rings. The maximum Gasteiger partial charge on any atom is 0.307 e. The minimum Gasteiger partial charge on any atom is -0.481 e. The van der Waals surface area contributed by atoms with Gasteiger partial charge in [-0.05, 0) is 74.2 Å². The van der Waals surface area contributed by atoms with Crippen LogP contribution in [0.15, 0.2) is 71.7 Å². The summed E-state index contributed by atoms with van der Waals surface area (Å²) in [6.07, 6.45) is -0.127. The van der Waals surface area contributed by atoms with Gasteiger partial charge in [0.05, 0.1) is 24.4 Å². The number of halogens is 1. The molecule has 214 valence electrons. The lowest BCUT2D eigenvalue weighted by Gasteiger charge is -2.23. The second-order valence-electron chi connectivity index (χ2n) is 10.4. The second-order valence-corrected chi connectivity index (χ2v) is 10.4. The number of fused-ring (bicyclic) bond motifs is 1. The lowest BCUT2D eigenvalue weighted by Crippen LogP contribution is -2.39. The summed E-state index contributed by atoms with van der Waals surface area (Å²) in [5.74, 6) is -2.58. The Kier molecular flexibility index (Phi) is 9.26. The molecule has 0 radical (unpaired) electrons. The van der Waals surface area contributed by atoms with E-state index in [-0.39, 0.29) is 24.8 Å². The van der Waals surface area contributed by atoms with Crippen molar-refractivity contribution in [1.29, 1.82) is 0 Å². The third-order valence-electron chi connectivity index (χ3n) is 6.92. The van der Waals surface area contributed by atoms with E-state index in [9.17, 15) is 18.8 Å². The standard InChI is InChI=1S/C31H34FN5O4/c1-35(2)15-16-36(3)19-27(38)37(4)24-12-10-23(11-13-24)33-30(21-7-5-20(6-8-21)17-28(39)40)29-25-14-9-22(32)18-26(25)34-31(29)41/h5-14,18,29H,15-17,19H2,1-4H3,(H,34,41)(H,39,40). The zero-order valence-corrected chi connectivity index (χ0v) is 23.6. The predicted octanol–water partition coefficient (Wildman–Crippen LogP) is 3.77. The Morgan fingerprint density at radius 1 is 0.951 bits per heavy atom. The van der Waals surface area contributed by atoms with Gasteiger partial charge in [-0.25, -0.2) is 4.39 Å². The molecule has 0 saturated heterocycles. The smallest absolute Gasteiger partial charge is 0.307 e. The summed E-state index contributed by atoms with van der Waals surface area (Å²) in [5.41, 5.74) is 3.94. The fourth-order valence-corrected chi connectivity index (χ4v) is 4.59. The minimum atomic E-state index is -0.943. The van der Waals surface area contributed by atoms with Gasteiger partial charge in [0.25, 0.3) is 0 Å². The van der Waals surface area contributed by atoms with Crippen LogP contribution in [0, 0.1) is 5.82 Å². The fraction of sp³-hybridized carbons (Fsp3) is 0.290. The highest BCUT2D eigenvalue weighted by Crippen LogP contribution is 2.37. The summed E-state index contributed by atoms with van der Waals surface area (Å²) >= 11 is 0. The molecule has 0 aliphatic carbocycles. The monoisotopic (exact) mass is 559 g/mol. The van der Waals surface area contributed by atoms with Gasteiger partial charge in [0.2, 0.25) is 11.8 Å². The molecule has 9 nitrogen and oxygen atoms in total. The van der Waals surface area contributed by atoms with Gasteiger partial charge in [-0.15, -0.1) is 0 Å². The Morgan fingerprint density at radius 2 is 1.63 bits per heavy atom. The van der Waals surface area contributed by atoms with Crippen molar-refractivity contribution in [2.75, 3.05) is 58.0 Å². The van der Waals surface area contributed by atoms with Crippen molar-refractivity contribution in [2.24, 2.45) is 4.99 Å². The van der Waals surface area contributed by atoms with Gasteiger partial charge in [-0.3, -0.25) is 24.3 Å². The molecule has 1 unspecified atom stereocenters. The van der Waals surface area contributed by atoms with E-state index in [1.54, 1.807) is 66.5 Å². The van der Waals surface area contributed by atoms with Crippen LogP contribution in [0.5, 0.6) is 0 Å². The number of hydrogen-bond donors (Lipinski definition) is 2. The van der Waals surface area contributed by atoms with Crippen LogP contribution in [0.25, 0.3) is 0 Å². The van der Waals surface area contributed by atoms with Crippen molar-refractivity contribution in [2.45, 2.75) is 12.3 Å². The largest absolute Gasteiger partial charge is 0.481 e. The summed E-state index contributed by atoms with van der Waals surface area (Å²) in [7, 11) is 7.62. The van der Waals surface area contributed by atoms with Gasteiger partial charge in [-0.2, -0.15) is 0 Å². The number of rotatable bonds is 11. The molecule has 2 N–H and O–H groups in total. The molecule has 2 amide bonds. The molecule has 0 saturated carbocycles. The van der Waals surface area contributed by atoms with E-state index >= 15 is 0 Å². The maximum absolute atomic E-state index is 13.9. The molecule has 4 rings (SSSR count). The van der Waals surface area contributed by atoms with Crippen LogP contribution in [0.4, 0.5) is 21.5 Å². The SMILES string of the molecule is CN(C)CCN(C)CC(=O)N(C)c1ccc(N=C(c2ccc(CC(=O)O)cc2)C2C(=O)Nc3cc(F)ccc32)cc1. The van der Waals surface area contributed by atoms with E-state index in [4.69, 9.17) is 10.1 Å². The summed E-state index contributed by atoms with van der Waals surface area (Å²) in [5, 5.41) is 11.9. The molecule has 3 aromatic carbocycles. The van der Waals surface area contributed by atoms with Gasteiger partial charge < -0.3 is 20.2 Å². The number of hydrogen-bond acceptors (Lipinski definition) is 6. The van der Waals surface area contributed by atoms with Crippen molar-refractivity contribution in [1.82, 2.24) is 9.80 Å². The second kappa shape index (κ2) is 12.8. The van der Waals surface area contributed by atoms with Crippen LogP contribution in [-0.2, 0) is 20.8 Å². The van der Waals surface area contributed by atoms with E-state index in [2.05, 4.69) is 10.2 Å². The molecular formula is C31H34FN5O4. The van der Waals surface area contributed by atoms with Crippen LogP contribution in [0.2, 0.25) is 0 Å². The Labute approximate surface area is 238 Å². The predicted molar refractivity (Wildman–Crippen MR) is 158 cm³/mol. The number of anilines is 2. The van der Waals surface area contributed by atoms with E-state index in [1.807, 2.05) is 26.0 Å². The Hall–Kier alpha value is -4.41. The van der Waals surface area contributed by atoms with Crippen molar-refractivity contribution in [3.63, 3.8) is 0 Å². The van der Waals surface area contributed by atoms with Gasteiger partial charge in [0.1, 0.15) is 11.7 Å². The Morgan fingerprint density at radius 3 is 2.27 bits per heavy atom. The summed E-state index contributed by atoms with van der Waals surface area (Å²) in [6, 6.07) is 18.1. The number of aliphatic imine (C=N–C) groups is 1. The lowest BCUT2D eigenvalue weighted by molar-refractivity contribution is -0.136. The summed E-state index contributed by atoms with van der Waals surface area (Å²) in [4.78, 5) is 47.5. The highest BCUT2D eigenvalue weighted by Gasteiger charge is 2.35. The summed E-state index contributed by atoms with van der Waals surface area (Å²) in [6.45, 7) is 1.90. The highest BCUT2D eigenvalue weighted by molar-refractivity contribution is 6.24. The van der Waals surface area contributed by atoms with Gasteiger partial charge >= 0.3 is 5.97 Å². The van der Waals surface area contributed by atoms with Crippen LogP contribution in [0.3, 0.4) is 0 Å². The van der Waals surface area contributed by atoms with Crippen LogP contribution in [-0.4, -0.2) is 86.2 Å². The molecule has 0 bridgehead atoms. The van der Waals surface area contributed by atoms with Gasteiger partial charge in [-0.1, -0.05) is 30.3 Å². The minimum absolute atomic E-state index is 0.0453. The molecule has 10 heteroatoms. The fourth-order valence-electron chi connectivity index (χ4n) is 4.59. The maximum atomic E-state index is 13.9. The van der Waals surface area contributed by atoms with Crippen LogP contribution in [0.1, 0.15) is 22.6 Å². The molecule has 0 spiro atoms. The first-order valence-electron chi connectivity index (χ1n) is 13.2. The summed E-state index contributed by atoms with van der Waals surface area (Å²) < 4.78 is 13.9. The molecule has 1 heterocycles. The number of carbonyl (C=O) groups is 3. The number of likely N-dealkylation sites (N-methyl/N-ethyl adjacent to an activating group) is 3. The lowest BCUT2D eigenvalue weighted by atomic mass is 9.90. The first-order valence-corrected chi connectivity index (χ1v) is 13.2. The Bertz CT molecular complexity index is 1450. The number of benzene rings is 3. The van der Waals surface area contributed by atoms with Gasteiger partial charge in [0.15, 0.2) is 0 Å². The number of carboxylic acids is 1. The third-order valence-corrected chi connectivity index (χ3v) is 6.92. The average Bonchev–Trinajstić information content (AvgIpc) is 3.25.